The molecule has 0 aliphatic rings. The summed E-state index contributed by atoms with van der Waals surface area (Å²) in [4.78, 5) is 0. The third kappa shape index (κ3) is 4.88. The first-order chi connectivity index (χ1) is 14.7. The Labute approximate surface area is 178 Å². The SMILES string of the molecule is Cc1ccc(COc2ccc3ccccc3c2CNC[C@H](O)c2ccccc2)cc1. The molecule has 0 heterocycles. The summed E-state index contributed by atoms with van der Waals surface area (Å²) >= 11 is 0. The molecule has 0 aliphatic heterocycles. The maximum absolute atomic E-state index is 10.5. The number of benzene rings is 4. The minimum Gasteiger partial charge on any atom is -0.489 e. The Balaban J connectivity index is 1.50. The van der Waals surface area contributed by atoms with Crippen molar-refractivity contribution in [3.63, 3.8) is 0 Å². The van der Waals surface area contributed by atoms with Crippen LogP contribution in [0.1, 0.15) is 28.4 Å². The van der Waals surface area contributed by atoms with Crippen LogP contribution in [0.5, 0.6) is 5.75 Å². The summed E-state index contributed by atoms with van der Waals surface area (Å²) in [6.07, 6.45) is -0.543. The van der Waals surface area contributed by atoms with E-state index in [0.29, 0.717) is 19.7 Å². The number of ether oxygens (including phenoxy) is 1. The number of aryl methyl sites for hydroxylation is 1. The van der Waals surface area contributed by atoms with Gasteiger partial charge in [0.25, 0.3) is 0 Å². The van der Waals surface area contributed by atoms with Gasteiger partial charge in [-0.15, -0.1) is 0 Å². The maximum Gasteiger partial charge on any atom is 0.124 e. The molecular weight excluding hydrogens is 370 g/mol. The highest BCUT2D eigenvalue weighted by Crippen LogP contribution is 2.29. The van der Waals surface area contributed by atoms with Crippen molar-refractivity contribution in [2.75, 3.05) is 6.54 Å². The standard InChI is InChI=1S/C27H27NO2/c1-20-11-13-21(14-12-20)19-30-27-16-15-22-7-5-6-10-24(22)25(27)17-28-18-26(29)23-8-3-2-4-9-23/h2-16,26,28-29H,17-19H2,1H3/t26-/m0/s1. The molecule has 0 radical (unpaired) electrons. The Morgan fingerprint density at radius 1 is 0.833 bits per heavy atom. The molecular formula is C27H27NO2. The fraction of sp³-hybridized carbons (Fsp3) is 0.185. The second-order valence-corrected chi connectivity index (χ2v) is 7.60. The van der Waals surface area contributed by atoms with Crippen molar-refractivity contribution in [1.29, 1.82) is 0 Å². The third-order valence-corrected chi connectivity index (χ3v) is 5.34. The lowest BCUT2D eigenvalue weighted by atomic mass is 10.0. The maximum atomic E-state index is 10.5. The molecule has 30 heavy (non-hydrogen) atoms. The Bertz CT molecular complexity index is 1090. The predicted molar refractivity (Wildman–Crippen MR) is 123 cm³/mol. The monoisotopic (exact) mass is 397 g/mol. The van der Waals surface area contributed by atoms with Crippen LogP contribution >= 0.6 is 0 Å². The van der Waals surface area contributed by atoms with Gasteiger partial charge in [0.2, 0.25) is 0 Å². The Hall–Kier alpha value is -3.14. The van der Waals surface area contributed by atoms with Gasteiger partial charge in [0.15, 0.2) is 0 Å². The van der Waals surface area contributed by atoms with Crippen molar-refractivity contribution >= 4 is 10.8 Å². The van der Waals surface area contributed by atoms with Crippen LogP contribution in [0, 0.1) is 6.92 Å². The number of rotatable bonds is 8. The van der Waals surface area contributed by atoms with Crippen LogP contribution < -0.4 is 10.1 Å². The number of hydrogen-bond donors (Lipinski definition) is 2. The van der Waals surface area contributed by atoms with E-state index in [0.717, 1.165) is 22.4 Å². The van der Waals surface area contributed by atoms with Gasteiger partial charge in [-0.25, -0.2) is 0 Å². The molecule has 0 spiro atoms. The van der Waals surface area contributed by atoms with Gasteiger partial charge in [0, 0.05) is 18.7 Å². The van der Waals surface area contributed by atoms with Crippen molar-refractivity contribution in [1.82, 2.24) is 5.32 Å². The topological polar surface area (TPSA) is 41.5 Å². The average molecular weight is 398 g/mol. The summed E-state index contributed by atoms with van der Waals surface area (Å²) in [5, 5.41) is 16.2. The molecule has 4 aromatic carbocycles. The van der Waals surface area contributed by atoms with Gasteiger partial charge in [-0.1, -0.05) is 90.5 Å². The predicted octanol–water partition coefficient (Wildman–Crippen LogP) is 5.55. The van der Waals surface area contributed by atoms with Gasteiger partial charge in [-0.3, -0.25) is 0 Å². The molecule has 0 aliphatic carbocycles. The second-order valence-electron chi connectivity index (χ2n) is 7.60. The van der Waals surface area contributed by atoms with E-state index in [2.05, 4.69) is 60.8 Å². The van der Waals surface area contributed by atoms with E-state index < -0.39 is 6.10 Å². The zero-order valence-electron chi connectivity index (χ0n) is 17.2. The fourth-order valence-corrected chi connectivity index (χ4v) is 3.61. The van der Waals surface area contributed by atoms with E-state index in [1.54, 1.807) is 0 Å². The fourth-order valence-electron chi connectivity index (χ4n) is 3.61. The lowest BCUT2D eigenvalue weighted by molar-refractivity contribution is 0.174. The molecule has 152 valence electrons. The smallest absolute Gasteiger partial charge is 0.124 e. The molecule has 0 fully saturated rings. The Morgan fingerprint density at radius 2 is 1.57 bits per heavy atom. The molecule has 4 aromatic rings. The van der Waals surface area contributed by atoms with Crippen LogP contribution in [-0.4, -0.2) is 11.7 Å². The van der Waals surface area contributed by atoms with Gasteiger partial charge >= 0.3 is 0 Å². The number of nitrogens with one attached hydrogen (secondary N) is 1. The number of hydrogen-bond acceptors (Lipinski definition) is 3. The van der Waals surface area contributed by atoms with E-state index in [-0.39, 0.29) is 0 Å². The van der Waals surface area contributed by atoms with Crippen molar-refractivity contribution in [2.45, 2.75) is 26.2 Å². The summed E-state index contributed by atoms with van der Waals surface area (Å²) in [5.74, 6) is 0.871. The first-order valence-electron chi connectivity index (χ1n) is 10.3. The van der Waals surface area contributed by atoms with Crippen LogP contribution in [0.25, 0.3) is 10.8 Å². The minimum atomic E-state index is -0.543. The number of aliphatic hydroxyl groups excluding tert-OH is 1. The lowest BCUT2D eigenvalue weighted by Gasteiger charge is -2.17. The van der Waals surface area contributed by atoms with Crippen LogP contribution in [0.4, 0.5) is 0 Å². The van der Waals surface area contributed by atoms with E-state index in [1.807, 2.05) is 42.5 Å². The van der Waals surface area contributed by atoms with Crippen LogP contribution in [-0.2, 0) is 13.2 Å². The Kier molecular flexibility index (Phi) is 6.43. The third-order valence-electron chi connectivity index (χ3n) is 5.34. The second kappa shape index (κ2) is 9.57. The molecule has 3 heteroatoms. The summed E-state index contributed by atoms with van der Waals surface area (Å²) in [5.41, 5.74) is 4.41. The van der Waals surface area contributed by atoms with Crippen LogP contribution in [0.3, 0.4) is 0 Å². The first-order valence-corrected chi connectivity index (χ1v) is 10.3. The van der Waals surface area contributed by atoms with Crippen molar-refractivity contribution in [3.05, 3.63) is 113 Å². The summed E-state index contributed by atoms with van der Waals surface area (Å²) in [6, 6.07) is 30.6. The first kappa shape index (κ1) is 20.1. The molecule has 3 nitrogen and oxygen atoms in total. The van der Waals surface area contributed by atoms with Crippen molar-refractivity contribution in [2.24, 2.45) is 0 Å². The number of aliphatic hydroxyl groups is 1. The quantitative estimate of drug-likeness (QED) is 0.410. The molecule has 2 N–H and O–H groups in total. The highest BCUT2D eigenvalue weighted by atomic mass is 16.5. The zero-order chi connectivity index (χ0) is 20.8. The van der Waals surface area contributed by atoms with Gasteiger partial charge in [-0.2, -0.15) is 0 Å². The van der Waals surface area contributed by atoms with Gasteiger partial charge < -0.3 is 15.2 Å². The highest BCUT2D eigenvalue weighted by Gasteiger charge is 2.11. The molecule has 0 bridgehead atoms. The minimum absolute atomic E-state index is 0.477. The van der Waals surface area contributed by atoms with E-state index in [9.17, 15) is 5.11 Å². The summed E-state index contributed by atoms with van der Waals surface area (Å²) in [7, 11) is 0. The average Bonchev–Trinajstić information content (AvgIpc) is 2.80. The van der Waals surface area contributed by atoms with Gasteiger partial charge in [0.1, 0.15) is 12.4 Å². The van der Waals surface area contributed by atoms with Gasteiger partial charge in [0.05, 0.1) is 6.10 Å². The zero-order valence-corrected chi connectivity index (χ0v) is 17.2. The Morgan fingerprint density at radius 3 is 2.37 bits per heavy atom. The molecule has 4 rings (SSSR count). The van der Waals surface area contributed by atoms with Crippen LogP contribution in [0.2, 0.25) is 0 Å². The number of fused-ring (bicyclic) bond motifs is 1. The van der Waals surface area contributed by atoms with Crippen molar-refractivity contribution < 1.29 is 9.84 Å². The molecule has 0 amide bonds. The van der Waals surface area contributed by atoms with Gasteiger partial charge in [-0.05, 0) is 34.9 Å². The summed E-state index contributed by atoms with van der Waals surface area (Å²) < 4.78 is 6.21. The van der Waals surface area contributed by atoms with Crippen molar-refractivity contribution in [3.8, 4) is 5.75 Å². The normalized spacial score (nSPS) is 12.1. The highest BCUT2D eigenvalue weighted by molar-refractivity contribution is 5.87. The van der Waals surface area contributed by atoms with Crippen LogP contribution in [0.15, 0.2) is 91.0 Å². The molecule has 0 saturated carbocycles. The van der Waals surface area contributed by atoms with E-state index in [1.165, 1.54) is 16.3 Å². The lowest BCUT2D eigenvalue weighted by Crippen LogP contribution is -2.21. The van der Waals surface area contributed by atoms with E-state index in [4.69, 9.17) is 4.74 Å². The van der Waals surface area contributed by atoms with E-state index >= 15 is 0 Å². The largest absolute Gasteiger partial charge is 0.489 e. The molecule has 0 saturated heterocycles. The molecule has 1 atom stereocenters. The molecule has 0 unspecified atom stereocenters. The summed E-state index contributed by atoms with van der Waals surface area (Å²) in [6.45, 7) is 3.71. The molecule has 0 aromatic heterocycles.